The van der Waals surface area contributed by atoms with E-state index in [1.165, 1.54) is 24.0 Å². The average Bonchev–Trinajstić information content (AvgIpc) is 2.95. The van der Waals surface area contributed by atoms with Crippen molar-refractivity contribution >= 4 is 22.4 Å². The zero-order chi connectivity index (χ0) is 17.4. The highest BCUT2D eigenvalue weighted by Gasteiger charge is 2.22. The van der Waals surface area contributed by atoms with E-state index in [0.717, 1.165) is 35.1 Å². The number of rotatable bonds is 3. The Morgan fingerprint density at radius 3 is 2.76 bits per heavy atom. The minimum atomic E-state index is -0.902. The first-order valence-electron chi connectivity index (χ1n) is 8.63. The third kappa shape index (κ3) is 2.64. The number of aromatic carboxylic acids is 1. The van der Waals surface area contributed by atoms with E-state index < -0.39 is 5.97 Å². The van der Waals surface area contributed by atoms with Gasteiger partial charge in [-0.05, 0) is 55.5 Å². The molecule has 0 saturated heterocycles. The zero-order valence-corrected chi connectivity index (χ0v) is 14.2. The summed E-state index contributed by atoms with van der Waals surface area (Å²) in [6, 6.07) is 11.3. The molecule has 0 saturated carbocycles. The largest absolute Gasteiger partial charge is 0.478 e. The first-order chi connectivity index (χ1) is 12.2. The molecular weight excluding hydrogens is 312 g/mol. The number of aromatic nitrogens is 2. The van der Waals surface area contributed by atoms with E-state index in [4.69, 9.17) is 0 Å². The van der Waals surface area contributed by atoms with Crippen molar-refractivity contribution in [3.05, 3.63) is 59.8 Å². The highest BCUT2D eigenvalue weighted by atomic mass is 16.4. The molecule has 2 aromatic heterocycles. The number of allylic oxidation sites excluding steroid dienone is 2. The molecule has 0 spiro atoms. The number of aryl methyl sites for hydroxylation is 1. The molecule has 4 rings (SSSR count). The number of hydrogen-bond donors (Lipinski definition) is 1. The van der Waals surface area contributed by atoms with Crippen molar-refractivity contribution in [2.45, 2.75) is 25.7 Å². The minimum Gasteiger partial charge on any atom is -0.478 e. The van der Waals surface area contributed by atoms with Crippen LogP contribution in [0.3, 0.4) is 0 Å². The molecule has 4 heteroatoms. The van der Waals surface area contributed by atoms with Gasteiger partial charge in [0.2, 0.25) is 0 Å². The Morgan fingerprint density at radius 2 is 2.08 bits per heavy atom. The van der Waals surface area contributed by atoms with Crippen LogP contribution in [-0.4, -0.2) is 20.6 Å². The Balaban J connectivity index is 2.05. The van der Waals surface area contributed by atoms with Gasteiger partial charge in [0.1, 0.15) is 0 Å². The lowest BCUT2D eigenvalue weighted by Gasteiger charge is -2.15. The molecule has 0 atom stereocenters. The zero-order valence-electron chi connectivity index (χ0n) is 14.2. The standard InChI is InChI=1S/C21H20N2O2/c1-23-18-13-15(21(24)25)10-11-16(18)19(14-7-3-2-4-8-14)20(23)17-9-5-6-12-22-17/h5-7,9-13H,2-4,8H2,1H3,(H,24,25). The van der Waals surface area contributed by atoms with Crippen LogP contribution in [0.15, 0.2) is 48.7 Å². The summed E-state index contributed by atoms with van der Waals surface area (Å²) in [6.07, 6.45) is 8.71. The third-order valence-electron chi connectivity index (χ3n) is 4.97. The van der Waals surface area contributed by atoms with Crippen molar-refractivity contribution in [1.82, 2.24) is 9.55 Å². The number of nitrogens with zero attached hydrogens (tertiary/aromatic N) is 2. The van der Waals surface area contributed by atoms with Crippen molar-refractivity contribution in [2.24, 2.45) is 7.05 Å². The number of benzene rings is 1. The molecule has 2 heterocycles. The fourth-order valence-electron chi connectivity index (χ4n) is 3.76. The molecule has 1 aliphatic rings. The summed E-state index contributed by atoms with van der Waals surface area (Å²) in [4.78, 5) is 15.9. The lowest BCUT2D eigenvalue weighted by molar-refractivity contribution is 0.0697. The van der Waals surface area contributed by atoms with Crippen molar-refractivity contribution in [2.75, 3.05) is 0 Å². The maximum absolute atomic E-state index is 11.4. The highest BCUT2D eigenvalue weighted by molar-refractivity contribution is 6.03. The van der Waals surface area contributed by atoms with E-state index >= 15 is 0 Å². The maximum atomic E-state index is 11.4. The number of carbonyl (C=O) groups is 1. The predicted molar refractivity (Wildman–Crippen MR) is 99.6 cm³/mol. The Bertz CT molecular complexity index is 984. The molecule has 1 aliphatic carbocycles. The summed E-state index contributed by atoms with van der Waals surface area (Å²) in [7, 11) is 1.99. The van der Waals surface area contributed by atoms with Gasteiger partial charge in [-0.15, -0.1) is 0 Å². The fraction of sp³-hybridized carbons (Fsp3) is 0.238. The third-order valence-corrected chi connectivity index (χ3v) is 4.97. The number of carboxylic acid groups (broad SMARTS) is 1. The topological polar surface area (TPSA) is 55.1 Å². The SMILES string of the molecule is Cn1c(-c2ccccn2)c(C2=CCCCC2)c2ccc(C(=O)O)cc21. The molecule has 3 aromatic rings. The number of hydrogen-bond acceptors (Lipinski definition) is 2. The Hall–Kier alpha value is -2.88. The summed E-state index contributed by atoms with van der Waals surface area (Å²) < 4.78 is 2.08. The molecular formula is C21H20N2O2. The molecule has 25 heavy (non-hydrogen) atoms. The van der Waals surface area contributed by atoms with Crippen LogP contribution < -0.4 is 0 Å². The van der Waals surface area contributed by atoms with E-state index in [1.807, 2.05) is 31.3 Å². The van der Waals surface area contributed by atoms with E-state index in [1.54, 1.807) is 18.3 Å². The van der Waals surface area contributed by atoms with Crippen LogP contribution in [-0.2, 0) is 7.05 Å². The summed E-state index contributed by atoms with van der Waals surface area (Å²) >= 11 is 0. The lowest BCUT2D eigenvalue weighted by Crippen LogP contribution is -1.98. The monoisotopic (exact) mass is 332 g/mol. The quantitative estimate of drug-likeness (QED) is 0.742. The van der Waals surface area contributed by atoms with Crippen LogP contribution >= 0.6 is 0 Å². The Kier molecular flexibility index (Phi) is 3.88. The van der Waals surface area contributed by atoms with Gasteiger partial charge >= 0.3 is 5.97 Å². The fourth-order valence-corrected chi connectivity index (χ4v) is 3.76. The number of pyridine rings is 1. The van der Waals surface area contributed by atoms with Crippen LogP contribution in [0, 0.1) is 0 Å². The predicted octanol–water partition coefficient (Wildman–Crippen LogP) is 4.90. The van der Waals surface area contributed by atoms with Crippen LogP contribution in [0.5, 0.6) is 0 Å². The molecule has 1 N–H and O–H groups in total. The maximum Gasteiger partial charge on any atom is 0.335 e. The van der Waals surface area contributed by atoms with Crippen LogP contribution in [0.4, 0.5) is 0 Å². The molecule has 0 fully saturated rings. The van der Waals surface area contributed by atoms with Gasteiger partial charge in [0.05, 0.1) is 17.0 Å². The normalized spacial score (nSPS) is 14.5. The van der Waals surface area contributed by atoms with Crippen LogP contribution in [0.1, 0.15) is 41.6 Å². The number of fused-ring (bicyclic) bond motifs is 1. The first-order valence-corrected chi connectivity index (χ1v) is 8.63. The van der Waals surface area contributed by atoms with Gasteiger partial charge in [0, 0.05) is 29.7 Å². The van der Waals surface area contributed by atoms with E-state index in [2.05, 4.69) is 15.6 Å². The van der Waals surface area contributed by atoms with Gasteiger partial charge in [-0.1, -0.05) is 18.2 Å². The van der Waals surface area contributed by atoms with E-state index in [0.29, 0.717) is 5.56 Å². The van der Waals surface area contributed by atoms with Gasteiger partial charge in [0.25, 0.3) is 0 Å². The molecule has 126 valence electrons. The second-order valence-electron chi connectivity index (χ2n) is 6.51. The van der Waals surface area contributed by atoms with Crippen molar-refractivity contribution in [3.8, 4) is 11.4 Å². The van der Waals surface area contributed by atoms with E-state index in [9.17, 15) is 9.90 Å². The van der Waals surface area contributed by atoms with Crippen molar-refractivity contribution in [1.29, 1.82) is 0 Å². The second-order valence-corrected chi connectivity index (χ2v) is 6.51. The first kappa shape index (κ1) is 15.6. The van der Waals surface area contributed by atoms with Crippen molar-refractivity contribution in [3.63, 3.8) is 0 Å². The molecule has 0 aliphatic heterocycles. The highest BCUT2D eigenvalue weighted by Crippen LogP contribution is 2.40. The molecule has 0 bridgehead atoms. The van der Waals surface area contributed by atoms with Gasteiger partial charge in [-0.2, -0.15) is 0 Å². The van der Waals surface area contributed by atoms with E-state index in [-0.39, 0.29) is 0 Å². The van der Waals surface area contributed by atoms with Crippen LogP contribution in [0.25, 0.3) is 27.9 Å². The molecule has 0 radical (unpaired) electrons. The van der Waals surface area contributed by atoms with Gasteiger partial charge in [-0.3, -0.25) is 4.98 Å². The molecule has 0 unspecified atom stereocenters. The molecule has 4 nitrogen and oxygen atoms in total. The number of carboxylic acids is 1. The molecule has 1 aromatic carbocycles. The molecule has 0 amide bonds. The summed E-state index contributed by atoms with van der Waals surface area (Å²) in [6.45, 7) is 0. The minimum absolute atomic E-state index is 0.310. The summed E-state index contributed by atoms with van der Waals surface area (Å²) in [5.74, 6) is -0.902. The Labute approximate surface area is 146 Å². The second kappa shape index (κ2) is 6.20. The van der Waals surface area contributed by atoms with Gasteiger partial charge in [0.15, 0.2) is 0 Å². The van der Waals surface area contributed by atoms with Gasteiger partial charge in [-0.25, -0.2) is 4.79 Å². The van der Waals surface area contributed by atoms with Crippen LogP contribution in [0.2, 0.25) is 0 Å². The Morgan fingerprint density at radius 1 is 1.20 bits per heavy atom. The average molecular weight is 332 g/mol. The summed E-state index contributed by atoms with van der Waals surface area (Å²) in [5, 5.41) is 10.4. The lowest BCUT2D eigenvalue weighted by atomic mass is 9.91. The summed E-state index contributed by atoms with van der Waals surface area (Å²) in [5.41, 5.74) is 5.77. The smallest absolute Gasteiger partial charge is 0.335 e. The van der Waals surface area contributed by atoms with Gasteiger partial charge < -0.3 is 9.67 Å². The van der Waals surface area contributed by atoms with Crippen molar-refractivity contribution < 1.29 is 9.90 Å².